The molecule has 0 fully saturated rings. The zero-order valence-corrected chi connectivity index (χ0v) is 23.3. The summed E-state index contributed by atoms with van der Waals surface area (Å²) in [6, 6.07) is 25.4. The number of amides is 1. The fourth-order valence-corrected chi connectivity index (χ4v) is 5.50. The van der Waals surface area contributed by atoms with Gasteiger partial charge in [-0.05, 0) is 42.3 Å². The molecule has 0 bridgehead atoms. The van der Waals surface area contributed by atoms with Gasteiger partial charge in [0.05, 0.1) is 29.4 Å². The Balaban J connectivity index is 1.27. The van der Waals surface area contributed by atoms with Crippen LogP contribution in [0, 0.1) is 6.92 Å². The molecule has 0 unspecified atom stereocenters. The summed E-state index contributed by atoms with van der Waals surface area (Å²) < 4.78 is 2.61. The third-order valence-corrected chi connectivity index (χ3v) is 7.94. The molecule has 1 N–H and O–H groups in total. The molecule has 5 aromatic rings. The lowest BCUT2D eigenvalue weighted by Gasteiger charge is -2.22. The minimum atomic E-state index is -0.300. The van der Waals surface area contributed by atoms with E-state index in [1.54, 1.807) is 9.69 Å². The van der Waals surface area contributed by atoms with Gasteiger partial charge in [0, 0.05) is 10.9 Å². The summed E-state index contributed by atoms with van der Waals surface area (Å²) in [5.74, 6) is -0.107. The number of hydrazone groups is 1. The Hall–Kier alpha value is -4.02. The van der Waals surface area contributed by atoms with E-state index in [1.807, 2.05) is 85.8 Å². The van der Waals surface area contributed by atoms with Gasteiger partial charge < -0.3 is 4.98 Å². The highest BCUT2D eigenvalue weighted by molar-refractivity contribution is 9.10. The second-order valence-electron chi connectivity index (χ2n) is 9.21. The Bertz CT molecular complexity index is 1750. The van der Waals surface area contributed by atoms with E-state index in [4.69, 9.17) is 5.10 Å². The monoisotopic (exact) mass is 598 g/mol. The van der Waals surface area contributed by atoms with Gasteiger partial charge >= 0.3 is 0 Å². The number of nitrogens with one attached hydrogen (secondary N) is 1. The maximum Gasteiger partial charge on any atom is 0.262 e. The number of carbonyl (C=O) groups excluding carboxylic acids is 1. The zero-order valence-electron chi connectivity index (χ0n) is 20.9. The van der Waals surface area contributed by atoms with Crippen molar-refractivity contribution in [2.75, 3.05) is 5.75 Å². The van der Waals surface area contributed by atoms with Crippen LogP contribution in [0.1, 0.15) is 29.2 Å². The largest absolute Gasteiger partial charge is 0.301 e. The van der Waals surface area contributed by atoms with Gasteiger partial charge in [0.25, 0.3) is 11.5 Å². The summed E-state index contributed by atoms with van der Waals surface area (Å²) in [7, 11) is 0. The molecule has 2 aromatic heterocycles. The van der Waals surface area contributed by atoms with Crippen molar-refractivity contribution in [1.82, 2.24) is 24.8 Å². The minimum absolute atomic E-state index is 0.0629. The molecule has 1 aliphatic heterocycles. The third kappa shape index (κ3) is 5.17. The zero-order chi connectivity index (χ0) is 26.9. The molecule has 194 valence electrons. The van der Waals surface area contributed by atoms with Crippen molar-refractivity contribution in [1.29, 1.82) is 0 Å². The quantitative estimate of drug-likeness (QED) is 0.201. The van der Waals surface area contributed by atoms with Crippen LogP contribution in [-0.4, -0.2) is 42.1 Å². The standard InChI is InChI=1S/C29H23BrN6O2S/c1-18-7-9-20(10-8-18)25-15-24(19-11-13-21(30)14-12-19)34-36(25)26(37)17-39-29-32-27-23(28(38)33-29)16-31-35(27)22-5-3-2-4-6-22/h2-14,16,25H,15,17H2,1H3,(H,32,33,38)/t25-/m1/s1. The molecule has 1 atom stereocenters. The number of carbonyl (C=O) groups is 1. The maximum absolute atomic E-state index is 13.5. The number of halogens is 1. The van der Waals surface area contributed by atoms with Crippen LogP contribution >= 0.6 is 27.7 Å². The van der Waals surface area contributed by atoms with E-state index in [1.165, 1.54) is 18.0 Å². The molecule has 0 aliphatic carbocycles. The van der Waals surface area contributed by atoms with E-state index in [-0.39, 0.29) is 23.3 Å². The fourth-order valence-electron chi connectivity index (χ4n) is 4.53. The van der Waals surface area contributed by atoms with Gasteiger partial charge in [-0.15, -0.1) is 0 Å². The highest BCUT2D eigenvalue weighted by Crippen LogP contribution is 2.34. The van der Waals surface area contributed by atoms with Gasteiger partial charge in [0.1, 0.15) is 5.39 Å². The number of aromatic nitrogens is 4. The Morgan fingerprint density at radius 2 is 1.79 bits per heavy atom. The summed E-state index contributed by atoms with van der Waals surface area (Å²) in [6.45, 7) is 2.04. The number of aromatic amines is 1. The SMILES string of the molecule is Cc1ccc([C@H]2CC(c3ccc(Br)cc3)=NN2C(=O)CSc2nc3c(cnn3-c3ccccc3)c(=O)[nH]2)cc1. The summed E-state index contributed by atoms with van der Waals surface area (Å²) in [5.41, 5.74) is 4.94. The predicted molar refractivity (Wildman–Crippen MR) is 156 cm³/mol. The summed E-state index contributed by atoms with van der Waals surface area (Å²) in [4.78, 5) is 33.7. The van der Waals surface area contributed by atoms with E-state index >= 15 is 0 Å². The van der Waals surface area contributed by atoms with Gasteiger partial charge in [-0.2, -0.15) is 10.2 Å². The highest BCUT2D eigenvalue weighted by atomic mass is 79.9. The third-order valence-electron chi connectivity index (χ3n) is 6.55. The molecule has 1 amide bonds. The van der Waals surface area contributed by atoms with Crippen molar-refractivity contribution in [2.24, 2.45) is 5.10 Å². The van der Waals surface area contributed by atoms with Crippen molar-refractivity contribution in [3.05, 3.63) is 117 Å². The summed E-state index contributed by atoms with van der Waals surface area (Å²) in [6.07, 6.45) is 2.11. The normalized spacial score (nSPS) is 15.1. The number of para-hydroxylation sites is 1. The Morgan fingerprint density at radius 3 is 2.54 bits per heavy atom. The number of aryl methyl sites for hydroxylation is 1. The second kappa shape index (κ2) is 10.6. The first kappa shape index (κ1) is 25.3. The summed E-state index contributed by atoms with van der Waals surface area (Å²) >= 11 is 4.65. The van der Waals surface area contributed by atoms with Gasteiger partial charge in [-0.25, -0.2) is 14.7 Å². The number of nitrogens with zero attached hydrogens (tertiary/aromatic N) is 5. The van der Waals surface area contributed by atoms with E-state index in [0.717, 1.165) is 32.6 Å². The highest BCUT2D eigenvalue weighted by Gasteiger charge is 2.33. The lowest BCUT2D eigenvalue weighted by molar-refractivity contribution is -0.130. The molecule has 0 radical (unpaired) electrons. The van der Waals surface area contributed by atoms with Crippen LogP contribution in [-0.2, 0) is 4.79 Å². The van der Waals surface area contributed by atoms with E-state index in [2.05, 4.69) is 31.0 Å². The number of rotatable bonds is 6. The molecule has 0 spiro atoms. The average molecular weight is 600 g/mol. The average Bonchev–Trinajstić information content (AvgIpc) is 3.59. The van der Waals surface area contributed by atoms with Gasteiger partial charge in [-0.1, -0.05) is 87.9 Å². The van der Waals surface area contributed by atoms with Crippen LogP contribution < -0.4 is 5.56 Å². The van der Waals surface area contributed by atoms with Crippen molar-refractivity contribution >= 4 is 50.3 Å². The molecular weight excluding hydrogens is 576 g/mol. The Labute approximate surface area is 236 Å². The van der Waals surface area contributed by atoms with Gasteiger partial charge in [-0.3, -0.25) is 9.59 Å². The molecule has 0 saturated heterocycles. The van der Waals surface area contributed by atoms with Crippen molar-refractivity contribution in [3.8, 4) is 5.69 Å². The first-order chi connectivity index (χ1) is 19.0. The van der Waals surface area contributed by atoms with Crippen molar-refractivity contribution in [2.45, 2.75) is 24.5 Å². The first-order valence-corrected chi connectivity index (χ1v) is 14.1. The lowest BCUT2D eigenvalue weighted by Crippen LogP contribution is -2.28. The fraction of sp³-hybridized carbons (Fsp3) is 0.138. The van der Waals surface area contributed by atoms with Crippen LogP contribution in [0.4, 0.5) is 0 Å². The number of hydrogen-bond donors (Lipinski definition) is 1. The van der Waals surface area contributed by atoms with Crippen molar-refractivity contribution in [3.63, 3.8) is 0 Å². The molecule has 8 nitrogen and oxygen atoms in total. The second-order valence-corrected chi connectivity index (χ2v) is 11.1. The number of H-pyrrole nitrogens is 1. The number of fused-ring (bicyclic) bond motifs is 1. The van der Waals surface area contributed by atoms with E-state index in [9.17, 15) is 9.59 Å². The van der Waals surface area contributed by atoms with E-state index < -0.39 is 0 Å². The molecule has 10 heteroatoms. The lowest BCUT2D eigenvalue weighted by atomic mass is 9.98. The molecule has 39 heavy (non-hydrogen) atoms. The van der Waals surface area contributed by atoms with Gasteiger partial charge in [0.15, 0.2) is 10.8 Å². The molecule has 1 aliphatic rings. The van der Waals surface area contributed by atoms with Crippen molar-refractivity contribution < 1.29 is 4.79 Å². The van der Waals surface area contributed by atoms with Crippen LogP contribution in [0.15, 0.2) is 105 Å². The first-order valence-electron chi connectivity index (χ1n) is 12.3. The smallest absolute Gasteiger partial charge is 0.262 e. The molecule has 3 heterocycles. The number of hydrogen-bond acceptors (Lipinski definition) is 6. The molecular formula is C29H23BrN6O2S. The van der Waals surface area contributed by atoms with E-state index in [0.29, 0.717) is 22.6 Å². The van der Waals surface area contributed by atoms with Crippen LogP contribution in [0.25, 0.3) is 16.7 Å². The van der Waals surface area contributed by atoms with Crippen LogP contribution in [0.2, 0.25) is 0 Å². The van der Waals surface area contributed by atoms with Crippen LogP contribution in [0.3, 0.4) is 0 Å². The maximum atomic E-state index is 13.5. The van der Waals surface area contributed by atoms with Gasteiger partial charge in [0.2, 0.25) is 0 Å². The Morgan fingerprint density at radius 1 is 1.05 bits per heavy atom. The number of benzene rings is 3. The number of thioether (sulfide) groups is 1. The minimum Gasteiger partial charge on any atom is -0.301 e. The molecule has 6 rings (SSSR count). The van der Waals surface area contributed by atoms with Crippen LogP contribution in [0.5, 0.6) is 0 Å². The topological polar surface area (TPSA) is 96.2 Å². The molecule has 0 saturated carbocycles. The predicted octanol–water partition coefficient (Wildman–Crippen LogP) is 5.65. The molecule has 3 aromatic carbocycles. The summed E-state index contributed by atoms with van der Waals surface area (Å²) in [5, 5.41) is 11.4. The Kier molecular flexibility index (Phi) is 6.88.